The fourth-order valence-corrected chi connectivity index (χ4v) is 4.13. The quantitative estimate of drug-likeness (QED) is 0.908. The van der Waals surface area contributed by atoms with Crippen molar-refractivity contribution in [1.29, 1.82) is 0 Å². The van der Waals surface area contributed by atoms with Gasteiger partial charge in [-0.3, -0.25) is 0 Å². The van der Waals surface area contributed by atoms with Crippen LogP contribution < -0.4 is 5.73 Å². The maximum atomic E-state index is 6.42. The van der Waals surface area contributed by atoms with E-state index in [4.69, 9.17) is 10.2 Å². The molecule has 0 aliphatic heterocycles. The molecule has 0 spiro atoms. The molecule has 2 aliphatic carbocycles. The van der Waals surface area contributed by atoms with Crippen LogP contribution in [0.25, 0.3) is 0 Å². The van der Waals surface area contributed by atoms with Crippen LogP contribution in [0.1, 0.15) is 35.3 Å². The number of aryl methyl sites for hydroxylation is 1. The first-order valence-corrected chi connectivity index (χ1v) is 7.63. The van der Waals surface area contributed by atoms with E-state index in [0.29, 0.717) is 11.8 Å². The Balaban J connectivity index is 1.63. The highest BCUT2D eigenvalue weighted by atomic mass is 79.9. The number of nitrogens with two attached hydrogens (primary N) is 1. The van der Waals surface area contributed by atoms with Gasteiger partial charge < -0.3 is 10.2 Å². The third kappa shape index (κ3) is 1.79. The lowest BCUT2D eigenvalue weighted by atomic mass is 9.92. The van der Waals surface area contributed by atoms with Crippen LogP contribution >= 0.6 is 15.9 Å². The molecular weight excluding hydrogens is 302 g/mol. The fraction of sp³-hybridized carbons (Fsp3) is 0.375. The Hall–Kier alpha value is -1.06. The number of rotatable bonds is 2. The molecular formula is C16H16BrNO. The molecule has 98 valence electrons. The van der Waals surface area contributed by atoms with E-state index in [0.717, 1.165) is 16.3 Å². The Morgan fingerprint density at radius 2 is 2.05 bits per heavy atom. The van der Waals surface area contributed by atoms with E-state index in [1.807, 2.05) is 12.1 Å². The summed E-state index contributed by atoms with van der Waals surface area (Å²) in [5.74, 6) is 2.84. The molecule has 2 N–H and O–H groups in total. The lowest BCUT2D eigenvalue weighted by molar-refractivity contribution is 0.414. The summed E-state index contributed by atoms with van der Waals surface area (Å²) >= 11 is 3.35. The van der Waals surface area contributed by atoms with Crippen LogP contribution in [-0.2, 0) is 6.42 Å². The molecule has 1 heterocycles. The molecule has 2 aliphatic rings. The van der Waals surface area contributed by atoms with Gasteiger partial charge in [0.05, 0.1) is 6.04 Å². The SMILES string of the molecule is NC(c1ccc(Br)o1)C1C2CCc3ccccc3C21. The molecule has 1 aromatic heterocycles. The summed E-state index contributed by atoms with van der Waals surface area (Å²) < 4.78 is 6.40. The number of fused-ring (bicyclic) bond motifs is 3. The van der Waals surface area contributed by atoms with Gasteiger partial charge in [0.1, 0.15) is 5.76 Å². The van der Waals surface area contributed by atoms with Crippen LogP contribution in [0.3, 0.4) is 0 Å². The van der Waals surface area contributed by atoms with E-state index < -0.39 is 0 Å². The van der Waals surface area contributed by atoms with Gasteiger partial charge in [0.25, 0.3) is 0 Å². The van der Waals surface area contributed by atoms with E-state index in [1.165, 1.54) is 24.0 Å². The summed E-state index contributed by atoms with van der Waals surface area (Å²) in [5.41, 5.74) is 9.45. The van der Waals surface area contributed by atoms with Crippen molar-refractivity contribution in [3.63, 3.8) is 0 Å². The van der Waals surface area contributed by atoms with Crippen LogP contribution in [0.5, 0.6) is 0 Å². The molecule has 1 fully saturated rings. The average Bonchev–Trinajstić information content (AvgIpc) is 3.03. The zero-order valence-electron chi connectivity index (χ0n) is 10.6. The van der Waals surface area contributed by atoms with Crippen molar-refractivity contribution in [3.05, 3.63) is 58.0 Å². The Labute approximate surface area is 121 Å². The molecule has 3 heteroatoms. The molecule has 1 saturated carbocycles. The highest BCUT2D eigenvalue weighted by Crippen LogP contribution is 2.63. The van der Waals surface area contributed by atoms with Crippen LogP contribution in [0.15, 0.2) is 45.5 Å². The number of hydrogen-bond donors (Lipinski definition) is 1. The van der Waals surface area contributed by atoms with Gasteiger partial charge in [-0.25, -0.2) is 0 Å². The standard InChI is InChI=1S/C16H16BrNO/c17-13-8-7-12(19-13)16(18)15-11-6-5-9-3-1-2-4-10(9)14(11)15/h1-4,7-8,11,14-16H,5-6,18H2. The molecule has 4 rings (SSSR count). The summed E-state index contributed by atoms with van der Waals surface area (Å²) in [4.78, 5) is 0. The van der Waals surface area contributed by atoms with Crippen LogP contribution in [0, 0.1) is 11.8 Å². The Morgan fingerprint density at radius 3 is 2.84 bits per heavy atom. The van der Waals surface area contributed by atoms with Gasteiger partial charge in [-0.05, 0) is 69.8 Å². The van der Waals surface area contributed by atoms with Crippen LogP contribution in [-0.4, -0.2) is 0 Å². The lowest BCUT2D eigenvalue weighted by Gasteiger charge is -2.13. The zero-order chi connectivity index (χ0) is 13.0. The van der Waals surface area contributed by atoms with Crippen molar-refractivity contribution in [3.8, 4) is 0 Å². The van der Waals surface area contributed by atoms with Gasteiger partial charge in [0, 0.05) is 0 Å². The van der Waals surface area contributed by atoms with Gasteiger partial charge in [-0.15, -0.1) is 0 Å². The Bertz CT molecular complexity index is 621. The summed E-state index contributed by atoms with van der Waals surface area (Å²) in [5, 5.41) is 0. The lowest BCUT2D eigenvalue weighted by Crippen LogP contribution is -2.13. The maximum absolute atomic E-state index is 6.42. The molecule has 2 aromatic rings. The molecule has 1 aromatic carbocycles. The highest BCUT2D eigenvalue weighted by molar-refractivity contribution is 9.10. The van der Waals surface area contributed by atoms with E-state index in [1.54, 1.807) is 0 Å². The first-order valence-electron chi connectivity index (χ1n) is 6.84. The third-order valence-corrected chi connectivity index (χ3v) is 5.15. The van der Waals surface area contributed by atoms with Gasteiger partial charge in [-0.2, -0.15) is 0 Å². The van der Waals surface area contributed by atoms with Crippen molar-refractivity contribution in [2.75, 3.05) is 0 Å². The van der Waals surface area contributed by atoms with Gasteiger partial charge >= 0.3 is 0 Å². The van der Waals surface area contributed by atoms with Crippen molar-refractivity contribution in [2.45, 2.75) is 24.8 Å². The smallest absolute Gasteiger partial charge is 0.169 e. The minimum Gasteiger partial charge on any atom is -0.453 e. The van der Waals surface area contributed by atoms with Gasteiger partial charge in [0.15, 0.2) is 4.67 Å². The maximum Gasteiger partial charge on any atom is 0.169 e. The topological polar surface area (TPSA) is 39.2 Å². The first-order chi connectivity index (χ1) is 9.25. The highest BCUT2D eigenvalue weighted by Gasteiger charge is 2.56. The largest absolute Gasteiger partial charge is 0.453 e. The van der Waals surface area contributed by atoms with E-state index in [9.17, 15) is 0 Å². The Morgan fingerprint density at radius 1 is 1.21 bits per heavy atom. The van der Waals surface area contributed by atoms with Crippen LogP contribution in [0.2, 0.25) is 0 Å². The van der Waals surface area contributed by atoms with Gasteiger partial charge in [0.2, 0.25) is 0 Å². The predicted octanol–water partition coefficient (Wildman–Crippen LogP) is 4.02. The number of halogens is 1. The van der Waals surface area contributed by atoms with Crippen LogP contribution in [0.4, 0.5) is 0 Å². The molecule has 0 radical (unpaired) electrons. The number of furan rings is 1. The van der Waals surface area contributed by atoms with E-state index >= 15 is 0 Å². The normalized spacial score (nSPS) is 29.5. The van der Waals surface area contributed by atoms with E-state index in [2.05, 4.69) is 40.2 Å². The van der Waals surface area contributed by atoms with Crippen molar-refractivity contribution in [2.24, 2.45) is 17.6 Å². The van der Waals surface area contributed by atoms with E-state index in [-0.39, 0.29) is 6.04 Å². The molecule has 0 saturated heterocycles. The number of benzene rings is 1. The molecule has 19 heavy (non-hydrogen) atoms. The number of hydrogen-bond acceptors (Lipinski definition) is 2. The minimum atomic E-state index is 0.0208. The summed E-state index contributed by atoms with van der Waals surface area (Å²) in [7, 11) is 0. The monoisotopic (exact) mass is 317 g/mol. The second-order valence-corrected chi connectivity index (χ2v) is 6.45. The Kier molecular flexibility index (Phi) is 2.61. The third-order valence-electron chi connectivity index (χ3n) is 4.73. The van der Waals surface area contributed by atoms with Crippen molar-refractivity contribution < 1.29 is 4.42 Å². The van der Waals surface area contributed by atoms with Gasteiger partial charge in [-0.1, -0.05) is 24.3 Å². The summed E-state index contributed by atoms with van der Waals surface area (Å²) in [6.07, 6.45) is 2.46. The summed E-state index contributed by atoms with van der Waals surface area (Å²) in [6.45, 7) is 0. The second kappa shape index (κ2) is 4.22. The molecule has 0 bridgehead atoms. The second-order valence-electron chi connectivity index (χ2n) is 5.67. The summed E-state index contributed by atoms with van der Waals surface area (Å²) in [6, 6.07) is 12.8. The molecule has 4 unspecified atom stereocenters. The minimum absolute atomic E-state index is 0.0208. The van der Waals surface area contributed by atoms with Crippen molar-refractivity contribution >= 4 is 15.9 Å². The van der Waals surface area contributed by atoms with Crippen molar-refractivity contribution in [1.82, 2.24) is 0 Å². The average molecular weight is 318 g/mol. The molecule has 0 amide bonds. The molecule has 2 nitrogen and oxygen atoms in total. The molecule has 4 atom stereocenters. The first kappa shape index (κ1) is 11.7. The zero-order valence-corrected chi connectivity index (χ0v) is 12.1. The predicted molar refractivity (Wildman–Crippen MR) is 77.8 cm³/mol. The fourth-order valence-electron chi connectivity index (χ4n) is 3.81.